The lowest BCUT2D eigenvalue weighted by atomic mass is 9.92. The van der Waals surface area contributed by atoms with Gasteiger partial charge in [0.25, 0.3) is 0 Å². The molecular formula is C37H63N3O25. The van der Waals surface area contributed by atoms with E-state index in [1.54, 1.807) is 0 Å². The largest absolute Gasteiger partial charge is 0.394 e. The second-order valence-electron chi connectivity index (χ2n) is 16.5. The van der Waals surface area contributed by atoms with Crippen molar-refractivity contribution in [2.75, 3.05) is 33.0 Å². The van der Waals surface area contributed by atoms with Crippen LogP contribution in [0.1, 0.15) is 27.7 Å². The monoisotopic (exact) mass is 949 g/mol. The Kier molecular flexibility index (Phi) is 19.1. The summed E-state index contributed by atoms with van der Waals surface area (Å²) in [6.07, 6.45) is -37.5. The van der Waals surface area contributed by atoms with Crippen LogP contribution in [0.25, 0.3) is 0 Å². The van der Waals surface area contributed by atoms with Crippen LogP contribution in [0.15, 0.2) is 0 Å². The minimum atomic E-state index is -2.08. The molecule has 0 aromatic carbocycles. The standard InChI is InChI=1S/C37H63N3O25/c1-10-19(38-11(2)45)26(52)31(16(7-43)58-10)63-35-21(40-13(4)47)27(53)32(17(8-44)61-35)64-36-30(56)28(54)24(50)18(62-36)9-57-37-33(29(55)23(49)15(6-42)60-37)65-34-20(39-12(3)46)25(51)22(48)14(5-41)59-34/h10,14-37,41-44,48-56H,5-9H2,1-4H3,(H,38,45)(H,39,46)(H,40,47)/t10-,14+,15?,16?,17?,18?,19?,20?,21?,22+,23-,24-,25?,26+,27+,28-,29-,30?,31-,32-,33?,34+,35-,36-,37+/m0/s1. The highest BCUT2D eigenvalue weighted by Gasteiger charge is 2.56. The SMILES string of the molecule is CC(=O)NC1C(O)[C@H](O)[C@@H](CO)O[C@@H]1OC1[C@H](OCC2O[C@@H](O[C@H]3C(CO)O[C@@H](O[C@H]4C(CO)O[C@@H](C)C(NC(C)=O)[C@H]4O)C(NC(C)=O)[C@H]3O)C(O)[C@@H](O)[C@H]2O)OC(CO)[C@H](O)[C@@H]1O. The molecule has 0 radical (unpaired) electrons. The van der Waals surface area contributed by atoms with Crippen molar-refractivity contribution in [3.63, 3.8) is 0 Å². The van der Waals surface area contributed by atoms with Gasteiger partial charge in [-0.05, 0) is 6.92 Å². The van der Waals surface area contributed by atoms with E-state index in [9.17, 15) is 80.8 Å². The first-order valence-corrected chi connectivity index (χ1v) is 20.9. The highest BCUT2D eigenvalue weighted by Crippen LogP contribution is 2.34. The van der Waals surface area contributed by atoms with Gasteiger partial charge in [0.2, 0.25) is 17.7 Å². The van der Waals surface area contributed by atoms with Gasteiger partial charge in [-0.3, -0.25) is 14.4 Å². The average Bonchev–Trinajstić information content (AvgIpc) is 3.26. The van der Waals surface area contributed by atoms with Crippen molar-refractivity contribution in [1.29, 1.82) is 0 Å². The zero-order valence-electron chi connectivity index (χ0n) is 35.7. The van der Waals surface area contributed by atoms with E-state index in [0.717, 1.165) is 13.8 Å². The van der Waals surface area contributed by atoms with E-state index >= 15 is 0 Å². The molecule has 0 saturated carbocycles. The number of hydrogen-bond acceptors (Lipinski definition) is 25. The number of hydrogen-bond donors (Lipinski definition) is 16. The summed E-state index contributed by atoms with van der Waals surface area (Å²) in [7, 11) is 0. The van der Waals surface area contributed by atoms with Crippen molar-refractivity contribution in [3.8, 4) is 0 Å². The molecule has 0 aromatic heterocycles. The van der Waals surface area contributed by atoms with Gasteiger partial charge in [-0.15, -0.1) is 0 Å². The molecule has 3 amide bonds. The van der Waals surface area contributed by atoms with Crippen molar-refractivity contribution < 1.29 is 123 Å². The summed E-state index contributed by atoms with van der Waals surface area (Å²) >= 11 is 0. The first kappa shape index (κ1) is 53.5. The molecule has 5 aliphatic rings. The van der Waals surface area contributed by atoms with Crippen molar-refractivity contribution in [2.45, 2.75) is 181 Å². The maximum absolute atomic E-state index is 12.4. The van der Waals surface area contributed by atoms with Gasteiger partial charge in [0.05, 0.1) is 45.2 Å². The minimum absolute atomic E-state index is 0.524. The molecule has 5 heterocycles. The van der Waals surface area contributed by atoms with Crippen LogP contribution in [0.3, 0.4) is 0 Å². The highest BCUT2D eigenvalue weighted by molar-refractivity contribution is 5.74. The van der Waals surface area contributed by atoms with Crippen LogP contribution in [0, 0.1) is 0 Å². The Hall–Kier alpha value is -2.47. The number of nitrogens with one attached hydrogen (secondary N) is 3. The second kappa shape index (κ2) is 23.2. The Morgan fingerprint density at radius 3 is 1.32 bits per heavy atom. The van der Waals surface area contributed by atoms with E-state index in [2.05, 4.69) is 16.0 Å². The molecule has 10 unspecified atom stereocenters. The summed E-state index contributed by atoms with van der Waals surface area (Å²) in [6, 6.07) is -4.17. The average molecular weight is 950 g/mol. The Labute approximate surface area is 370 Å². The summed E-state index contributed by atoms with van der Waals surface area (Å²) in [5.74, 6) is -1.98. The number of amides is 3. The van der Waals surface area contributed by atoms with Crippen LogP contribution in [-0.4, -0.2) is 270 Å². The molecule has 5 fully saturated rings. The van der Waals surface area contributed by atoms with Crippen molar-refractivity contribution in [2.24, 2.45) is 0 Å². The lowest BCUT2D eigenvalue weighted by molar-refractivity contribution is -0.372. The molecule has 0 aliphatic carbocycles. The smallest absolute Gasteiger partial charge is 0.217 e. The third-order valence-corrected chi connectivity index (χ3v) is 11.8. The fourth-order valence-electron chi connectivity index (χ4n) is 8.37. The molecule has 28 heteroatoms. The Morgan fingerprint density at radius 1 is 0.415 bits per heavy atom. The van der Waals surface area contributed by atoms with Crippen LogP contribution >= 0.6 is 0 Å². The summed E-state index contributed by atoms with van der Waals surface area (Å²) in [4.78, 5) is 36.3. The van der Waals surface area contributed by atoms with Crippen molar-refractivity contribution in [3.05, 3.63) is 0 Å². The predicted octanol–water partition coefficient (Wildman–Crippen LogP) is -10.4. The van der Waals surface area contributed by atoms with E-state index < -0.39 is 204 Å². The molecule has 5 rings (SSSR count). The molecule has 16 N–H and O–H groups in total. The first-order chi connectivity index (χ1) is 30.7. The molecule has 0 aromatic rings. The molecule has 0 bridgehead atoms. The highest BCUT2D eigenvalue weighted by atomic mass is 16.8. The minimum Gasteiger partial charge on any atom is -0.394 e. The van der Waals surface area contributed by atoms with E-state index in [0.29, 0.717) is 0 Å². The van der Waals surface area contributed by atoms with E-state index in [-0.39, 0.29) is 0 Å². The Balaban J connectivity index is 1.34. The van der Waals surface area contributed by atoms with Gasteiger partial charge in [-0.25, -0.2) is 0 Å². The van der Waals surface area contributed by atoms with Crippen molar-refractivity contribution in [1.82, 2.24) is 16.0 Å². The van der Waals surface area contributed by atoms with Crippen molar-refractivity contribution >= 4 is 17.7 Å². The molecule has 0 spiro atoms. The fourth-order valence-corrected chi connectivity index (χ4v) is 8.37. The summed E-state index contributed by atoms with van der Waals surface area (Å²) in [5.41, 5.74) is 0. The molecule has 28 nitrogen and oxygen atoms in total. The normalized spacial score (nSPS) is 47.1. The molecule has 5 saturated heterocycles. The van der Waals surface area contributed by atoms with Crippen LogP contribution in [0.5, 0.6) is 0 Å². The number of ether oxygens (including phenoxy) is 9. The summed E-state index contributed by atoms with van der Waals surface area (Å²) < 4.78 is 52.2. The first-order valence-electron chi connectivity index (χ1n) is 20.9. The van der Waals surface area contributed by atoms with Gasteiger partial charge >= 0.3 is 0 Å². The van der Waals surface area contributed by atoms with Gasteiger partial charge in [-0.1, -0.05) is 0 Å². The van der Waals surface area contributed by atoms with Crippen LogP contribution in [0.2, 0.25) is 0 Å². The van der Waals surface area contributed by atoms with Gasteiger partial charge in [0.15, 0.2) is 25.2 Å². The third kappa shape index (κ3) is 12.0. The molecule has 5 aliphatic heterocycles. The number of carbonyl (C=O) groups excluding carboxylic acids is 3. The summed E-state index contributed by atoms with van der Waals surface area (Å²) in [6.45, 7) is 0.717. The Morgan fingerprint density at radius 2 is 0.800 bits per heavy atom. The zero-order valence-corrected chi connectivity index (χ0v) is 35.7. The van der Waals surface area contributed by atoms with Crippen LogP contribution in [-0.2, 0) is 57.0 Å². The quantitative estimate of drug-likeness (QED) is 0.0683. The Bertz CT molecular complexity index is 1560. The lowest BCUT2D eigenvalue weighted by Gasteiger charge is -2.49. The maximum atomic E-state index is 12.4. The number of carbonyl (C=O) groups is 3. The predicted molar refractivity (Wildman–Crippen MR) is 205 cm³/mol. The third-order valence-electron chi connectivity index (χ3n) is 11.8. The van der Waals surface area contributed by atoms with Crippen LogP contribution < -0.4 is 16.0 Å². The topological polar surface area (TPSA) is 433 Å². The molecule has 25 atom stereocenters. The molecule has 376 valence electrons. The van der Waals surface area contributed by atoms with Gasteiger partial charge in [0, 0.05) is 20.8 Å². The van der Waals surface area contributed by atoms with E-state index in [1.807, 2.05) is 0 Å². The number of aliphatic hydroxyl groups excluding tert-OH is 13. The second-order valence-corrected chi connectivity index (χ2v) is 16.5. The summed E-state index contributed by atoms with van der Waals surface area (Å²) in [5, 5.41) is 146. The van der Waals surface area contributed by atoms with E-state index in [1.165, 1.54) is 13.8 Å². The fraction of sp³-hybridized carbons (Fsp3) is 0.919. The van der Waals surface area contributed by atoms with Gasteiger partial charge in [-0.2, -0.15) is 0 Å². The zero-order chi connectivity index (χ0) is 48.2. The van der Waals surface area contributed by atoms with E-state index in [4.69, 9.17) is 42.6 Å². The van der Waals surface area contributed by atoms with Gasteiger partial charge < -0.3 is 125 Å². The molecular weight excluding hydrogens is 886 g/mol. The molecule has 65 heavy (non-hydrogen) atoms. The van der Waals surface area contributed by atoms with Gasteiger partial charge in [0.1, 0.15) is 116 Å². The number of rotatable bonds is 16. The number of aliphatic hydroxyl groups is 13. The lowest BCUT2D eigenvalue weighted by Crippen LogP contribution is -2.70. The van der Waals surface area contributed by atoms with Crippen LogP contribution in [0.4, 0.5) is 0 Å². The maximum Gasteiger partial charge on any atom is 0.217 e.